The third-order valence-electron chi connectivity index (χ3n) is 2.55. The lowest BCUT2D eigenvalue weighted by molar-refractivity contribution is -0.141. The summed E-state index contributed by atoms with van der Waals surface area (Å²) in [5, 5.41) is 4.43. The number of pyridine rings is 1. The fourth-order valence-electron chi connectivity index (χ4n) is 1.74. The lowest BCUT2D eigenvalue weighted by Crippen LogP contribution is -2.18. The molecule has 0 aliphatic carbocycles. The molecule has 2 aromatic rings. The van der Waals surface area contributed by atoms with E-state index in [4.69, 9.17) is 0 Å². The summed E-state index contributed by atoms with van der Waals surface area (Å²) in [6.07, 6.45) is -1.42. The Morgan fingerprint density at radius 1 is 1.24 bits per heavy atom. The van der Waals surface area contributed by atoms with Crippen LogP contribution in [0.15, 0.2) is 18.5 Å². The summed E-state index contributed by atoms with van der Waals surface area (Å²) in [5.74, 6) is 0. The van der Waals surface area contributed by atoms with E-state index in [9.17, 15) is 13.2 Å². The van der Waals surface area contributed by atoms with E-state index in [-0.39, 0.29) is 4.75 Å². The van der Waals surface area contributed by atoms with Crippen molar-refractivity contribution in [2.24, 2.45) is 0 Å². The molecular formula is C13H17F3N4S. The van der Waals surface area contributed by atoms with Crippen LogP contribution in [0.3, 0.4) is 0 Å². The molecule has 0 fully saturated rings. The highest BCUT2D eigenvalue weighted by Crippen LogP contribution is 2.22. The Hall–Kier alpha value is -1.28. The van der Waals surface area contributed by atoms with E-state index < -0.39 is 12.7 Å². The smallest absolute Gasteiger partial charge is 0.258 e. The van der Waals surface area contributed by atoms with Gasteiger partial charge in [0.2, 0.25) is 0 Å². The van der Waals surface area contributed by atoms with Gasteiger partial charge in [0.1, 0.15) is 6.54 Å². The van der Waals surface area contributed by atoms with Crippen LogP contribution < -0.4 is 4.72 Å². The fourth-order valence-corrected chi connectivity index (χ4v) is 2.39. The number of hydrogen-bond acceptors (Lipinski definition) is 4. The maximum absolute atomic E-state index is 12.4. The predicted molar refractivity (Wildman–Crippen MR) is 77.8 cm³/mol. The van der Waals surface area contributed by atoms with Gasteiger partial charge in [-0.2, -0.15) is 18.3 Å². The maximum atomic E-state index is 12.4. The molecule has 0 aliphatic rings. The van der Waals surface area contributed by atoms with Crippen LogP contribution in [0.1, 0.15) is 26.5 Å². The highest BCUT2D eigenvalue weighted by Gasteiger charge is 2.29. The minimum atomic E-state index is -4.29. The highest BCUT2D eigenvalue weighted by molar-refractivity contribution is 7.98. The first kappa shape index (κ1) is 16.1. The second kappa shape index (κ2) is 5.84. The summed E-state index contributed by atoms with van der Waals surface area (Å²) in [7, 11) is 0. The van der Waals surface area contributed by atoms with Gasteiger partial charge in [-0.1, -0.05) is 11.9 Å². The molecule has 0 saturated heterocycles. The van der Waals surface area contributed by atoms with Crippen molar-refractivity contribution < 1.29 is 13.2 Å². The van der Waals surface area contributed by atoms with Gasteiger partial charge in [-0.3, -0.25) is 14.4 Å². The molecule has 2 aromatic heterocycles. The quantitative estimate of drug-likeness (QED) is 0.876. The zero-order valence-electron chi connectivity index (χ0n) is 12.0. The van der Waals surface area contributed by atoms with E-state index in [0.717, 1.165) is 10.4 Å². The molecule has 2 rings (SSSR count). The number of halogens is 3. The summed E-state index contributed by atoms with van der Waals surface area (Å²) in [5.41, 5.74) is 1.16. The van der Waals surface area contributed by atoms with Crippen molar-refractivity contribution in [1.82, 2.24) is 19.5 Å². The standard InChI is InChI=1S/C13H17F3N4S/c1-12(2,3)21-19-6-10-4-9-5-18-20(8-13(14,15)16)11(9)7-17-10/h4-5,7,19H,6,8H2,1-3H3. The second-order valence-electron chi connectivity index (χ2n) is 5.69. The van der Waals surface area contributed by atoms with Crippen LogP contribution >= 0.6 is 11.9 Å². The molecule has 2 heterocycles. The lowest BCUT2D eigenvalue weighted by atomic mass is 10.2. The Kier molecular flexibility index (Phi) is 4.48. The van der Waals surface area contributed by atoms with Crippen LogP contribution in [0, 0.1) is 0 Å². The van der Waals surface area contributed by atoms with Gasteiger partial charge in [0.15, 0.2) is 0 Å². The van der Waals surface area contributed by atoms with Gasteiger partial charge < -0.3 is 0 Å². The zero-order chi connectivity index (χ0) is 15.7. The van der Waals surface area contributed by atoms with E-state index in [0.29, 0.717) is 17.4 Å². The second-order valence-corrected chi connectivity index (χ2v) is 7.40. The molecule has 0 saturated carbocycles. The van der Waals surface area contributed by atoms with Gasteiger partial charge >= 0.3 is 6.18 Å². The molecule has 0 bridgehead atoms. The Labute approximate surface area is 125 Å². The number of alkyl halides is 3. The lowest BCUT2D eigenvalue weighted by Gasteiger charge is -2.17. The van der Waals surface area contributed by atoms with E-state index in [2.05, 4.69) is 35.6 Å². The molecule has 0 unspecified atom stereocenters. The first-order chi connectivity index (χ1) is 9.64. The van der Waals surface area contributed by atoms with Crippen molar-refractivity contribution in [2.45, 2.75) is 44.8 Å². The average Bonchev–Trinajstić information content (AvgIpc) is 2.68. The van der Waals surface area contributed by atoms with Gasteiger partial charge in [0.05, 0.1) is 23.6 Å². The van der Waals surface area contributed by atoms with Crippen LogP contribution in [0.25, 0.3) is 10.9 Å². The van der Waals surface area contributed by atoms with E-state index in [1.54, 1.807) is 18.0 Å². The molecule has 8 heteroatoms. The Morgan fingerprint density at radius 3 is 2.57 bits per heavy atom. The molecule has 21 heavy (non-hydrogen) atoms. The maximum Gasteiger partial charge on any atom is 0.408 e. The van der Waals surface area contributed by atoms with Gasteiger partial charge in [0.25, 0.3) is 0 Å². The number of nitrogens with zero attached hydrogens (tertiary/aromatic N) is 3. The first-order valence-corrected chi connectivity index (χ1v) is 7.24. The summed E-state index contributed by atoms with van der Waals surface area (Å²) in [6.45, 7) is 5.70. The minimum absolute atomic E-state index is 0.0850. The van der Waals surface area contributed by atoms with E-state index in [1.807, 2.05) is 0 Å². The Morgan fingerprint density at radius 2 is 1.95 bits per heavy atom. The molecule has 0 spiro atoms. The van der Waals surface area contributed by atoms with Crippen LogP contribution in [0.2, 0.25) is 0 Å². The van der Waals surface area contributed by atoms with Crippen LogP contribution in [-0.4, -0.2) is 25.7 Å². The normalized spacial score (nSPS) is 13.0. The third-order valence-corrected chi connectivity index (χ3v) is 3.45. The molecule has 0 atom stereocenters. The highest BCUT2D eigenvalue weighted by atomic mass is 32.2. The van der Waals surface area contributed by atoms with E-state index >= 15 is 0 Å². The number of nitrogens with one attached hydrogen (secondary N) is 1. The minimum Gasteiger partial charge on any atom is -0.258 e. The summed E-state index contributed by atoms with van der Waals surface area (Å²) in [6, 6.07) is 1.76. The molecular weight excluding hydrogens is 301 g/mol. The molecule has 4 nitrogen and oxygen atoms in total. The van der Waals surface area contributed by atoms with Gasteiger partial charge in [-0.05, 0) is 26.8 Å². The molecule has 0 aromatic carbocycles. The first-order valence-electron chi connectivity index (χ1n) is 6.42. The molecule has 1 N–H and O–H groups in total. The molecule has 0 radical (unpaired) electrons. The third kappa shape index (κ3) is 4.89. The van der Waals surface area contributed by atoms with Gasteiger partial charge in [0, 0.05) is 16.7 Å². The molecule has 0 amide bonds. The van der Waals surface area contributed by atoms with Crippen molar-refractivity contribution in [1.29, 1.82) is 0 Å². The monoisotopic (exact) mass is 318 g/mol. The van der Waals surface area contributed by atoms with Crippen LogP contribution in [0.5, 0.6) is 0 Å². The zero-order valence-corrected chi connectivity index (χ0v) is 12.8. The molecule has 116 valence electrons. The van der Waals surface area contributed by atoms with Crippen molar-refractivity contribution >= 4 is 22.9 Å². The summed E-state index contributed by atoms with van der Waals surface area (Å²) < 4.78 is 41.4. The largest absolute Gasteiger partial charge is 0.408 e. The molecule has 0 aliphatic heterocycles. The number of rotatable bonds is 4. The van der Waals surface area contributed by atoms with Crippen molar-refractivity contribution in [3.63, 3.8) is 0 Å². The number of hydrogen-bond donors (Lipinski definition) is 1. The summed E-state index contributed by atoms with van der Waals surface area (Å²) >= 11 is 1.59. The predicted octanol–water partition coefficient (Wildman–Crippen LogP) is 3.53. The average molecular weight is 318 g/mol. The Bertz CT molecular complexity index is 616. The van der Waals surface area contributed by atoms with Crippen LogP contribution in [-0.2, 0) is 13.1 Å². The van der Waals surface area contributed by atoms with Crippen molar-refractivity contribution in [3.8, 4) is 0 Å². The van der Waals surface area contributed by atoms with Crippen molar-refractivity contribution in [3.05, 3.63) is 24.2 Å². The summed E-state index contributed by atoms with van der Waals surface area (Å²) in [4.78, 5) is 4.19. The van der Waals surface area contributed by atoms with Gasteiger partial charge in [-0.15, -0.1) is 0 Å². The fraction of sp³-hybridized carbons (Fsp3) is 0.538. The topological polar surface area (TPSA) is 42.7 Å². The van der Waals surface area contributed by atoms with Crippen molar-refractivity contribution in [2.75, 3.05) is 0 Å². The van der Waals surface area contributed by atoms with Gasteiger partial charge in [-0.25, -0.2) is 0 Å². The van der Waals surface area contributed by atoms with Crippen LogP contribution in [0.4, 0.5) is 13.2 Å². The number of aromatic nitrogens is 3. The Balaban J connectivity index is 2.09. The number of fused-ring (bicyclic) bond motifs is 1. The SMILES string of the molecule is CC(C)(C)SNCc1cc2cnn(CC(F)(F)F)c2cn1. The van der Waals surface area contributed by atoms with E-state index in [1.165, 1.54) is 12.4 Å².